The van der Waals surface area contributed by atoms with Crippen LogP contribution in [0.4, 0.5) is 5.69 Å². The quantitative estimate of drug-likeness (QED) is 0.432. The maximum atomic E-state index is 12.3. The Kier molecular flexibility index (Phi) is 5.35. The van der Waals surface area contributed by atoms with Gasteiger partial charge < -0.3 is 0 Å². The van der Waals surface area contributed by atoms with Crippen molar-refractivity contribution in [3.63, 3.8) is 0 Å². The number of benzene rings is 2. The van der Waals surface area contributed by atoms with Crippen molar-refractivity contribution in [2.24, 2.45) is 11.0 Å². The molecule has 0 aromatic heterocycles. The summed E-state index contributed by atoms with van der Waals surface area (Å²) in [6, 6.07) is 15.4. The predicted octanol–water partition coefficient (Wildman–Crippen LogP) is 1.90. The van der Waals surface area contributed by atoms with Gasteiger partial charge in [-0.25, -0.2) is 16.3 Å². The molecule has 0 aliphatic carbocycles. The van der Waals surface area contributed by atoms with Crippen molar-refractivity contribution in [2.45, 2.75) is 19.0 Å². The number of carbonyl (C=O) groups is 1. The molecule has 1 amide bonds. The van der Waals surface area contributed by atoms with Crippen LogP contribution in [0.25, 0.3) is 0 Å². The molecule has 1 aliphatic rings. The molecule has 1 saturated heterocycles. The lowest BCUT2D eigenvalue weighted by molar-refractivity contribution is -0.384. The summed E-state index contributed by atoms with van der Waals surface area (Å²) in [7, 11) is 0. The summed E-state index contributed by atoms with van der Waals surface area (Å²) in [5, 5.41) is 14.6. The van der Waals surface area contributed by atoms with Crippen LogP contribution >= 0.6 is 0 Å². The summed E-state index contributed by atoms with van der Waals surface area (Å²) in [6.45, 7) is 1.99. The highest BCUT2D eigenvalue weighted by Gasteiger charge is 2.37. The minimum atomic E-state index is -0.466. The second-order valence-electron chi connectivity index (χ2n) is 6.10. The van der Waals surface area contributed by atoms with Crippen molar-refractivity contribution >= 4 is 17.8 Å². The summed E-state index contributed by atoms with van der Waals surface area (Å²) >= 11 is 0. The second kappa shape index (κ2) is 7.85. The fraction of sp³-hybridized carbons (Fsp3) is 0.222. The van der Waals surface area contributed by atoms with Gasteiger partial charge in [-0.15, -0.1) is 0 Å². The summed E-state index contributed by atoms with van der Waals surface area (Å²) < 4.78 is 0. The van der Waals surface area contributed by atoms with Gasteiger partial charge in [-0.05, 0) is 23.3 Å². The number of nitrogens with zero attached hydrogens (tertiary/aromatic N) is 2. The number of non-ortho nitro benzene ring substituents is 1. The number of nitro groups is 1. The molecule has 1 aliphatic heterocycles. The van der Waals surface area contributed by atoms with Crippen LogP contribution in [0.2, 0.25) is 0 Å². The monoisotopic (exact) mass is 353 g/mol. The second-order valence-corrected chi connectivity index (χ2v) is 6.10. The van der Waals surface area contributed by atoms with E-state index in [1.165, 1.54) is 18.3 Å². The average Bonchev–Trinajstić information content (AvgIpc) is 3.04. The molecule has 0 bridgehead atoms. The van der Waals surface area contributed by atoms with Crippen molar-refractivity contribution in [1.29, 1.82) is 0 Å². The normalized spacial score (nSPS) is 22.4. The molecule has 8 nitrogen and oxygen atoms in total. The Hall–Kier alpha value is -3.10. The van der Waals surface area contributed by atoms with E-state index in [9.17, 15) is 14.9 Å². The van der Waals surface area contributed by atoms with Gasteiger partial charge in [0.15, 0.2) is 0 Å². The minimum absolute atomic E-state index is 0.00759. The van der Waals surface area contributed by atoms with Crippen LogP contribution in [0.1, 0.15) is 24.1 Å². The molecule has 0 radical (unpaired) electrons. The topological polar surface area (TPSA) is 109 Å². The Morgan fingerprint density at radius 2 is 1.85 bits per heavy atom. The van der Waals surface area contributed by atoms with Crippen molar-refractivity contribution in [3.8, 4) is 0 Å². The zero-order chi connectivity index (χ0) is 18.5. The fourth-order valence-electron chi connectivity index (χ4n) is 2.91. The zero-order valence-corrected chi connectivity index (χ0v) is 14.1. The van der Waals surface area contributed by atoms with Crippen LogP contribution in [0.3, 0.4) is 0 Å². The lowest BCUT2D eigenvalue weighted by Gasteiger charge is -2.17. The third kappa shape index (κ3) is 3.93. The van der Waals surface area contributed by atoms with E-state index >= 15 is 0 Å². The van der Waals surface area contributed by atoms with E-state index in [2.05, 4.69) is 21.4 Å². The van der Waals surface area contributed by atoms with Gasteiger partial charge in [0, 0.05) is 18.1 Å². The van der Waals surface area contributed by atoms with E-state index in [4.69, 9.17) is 0 Å². The smallest absolute Gasteiger partial charge is 0.269 e. The van der Waals surface area contributed by atoms with Gasteiger partial charge >= 0.3 is 0 Å². The molecule has 1 heterocycles. The van der Waals surface area contributed by atoms with Crippen molar-refractivity contribution in [1.82, 2.24) is 16.3 Å². The first kappa shape index (κ1) is 17.7. The van der Waals surface area contributed by atoms with Gasteiger partial charge in [-0.2, -0.15) is 5.10 Å². The maximum Gasteiger partial charge on any atom is 0.269 e. The SMILES string of the molecule is CC1C(C(=O)N/N=C/c2ccc([N+](=O)[O-])cc2)NNC1c1ccccc1. The molecule has 8 heteroatoms. The van der Waals surface area contributed by atoms with Gasteiger partial charge in [-0.3, -0.25) is 14.9 Å². The molecule has 2 aromatic carbocycles. The Balaban J connectivity index is 1.57. The molecule has 3 N–H and O–H groups in total. The fourth-order valence-corrected chi connectivity index (χ4v) is 2.91. The highest BCUT2D eigenvalue weighted by atomic mass is 16.6. The Labute approximate surface area is 150 Å². The first-order valence-corrected chi connectivity index (χ1v) is 8.19. The molecule has 0 saturated carbocycles. The molecular weight excluding hydrogens is 334 g/mol. The maximum absolute atomic E-state index is 12.3. The minimum Gasteiger partial charge on any atom is -0.271 e. The third-order valence-corrected chi connectivity index (χ3v) is 4.38. The predicted molar refractivity (Wildman–Crippen MR) is 97.2 cm³/mol. The number of nitrogens with one attached hydrogen (secondary N) is 3. The van der Waals surface area contributed by atoms with E-state index in [0.29, 0.717) is 5.56 Å². The molecule has 0 spiro atoms. The summed E-state index contributed by atoms with van der Waals surface area (Å²) in [6.07, 6.45) is 1.45. The number of amides is 1. The molecule has 2 aromatic rings. The standard InChI is InChI=1S/C18H19N5O3/c1-12-16(14-5-3-2-4-6-14)20-21-17(12)18(24)22-19-11-13-7-9-15(10-8-13)23(25)26/h2-12,16-17,20-21H,1H3,(H,22,24)/b19-11+. The number of hydrazine groups is 1. The van der Waals surface area contributed by atoms with Gasteiger partial charge in [0.2, 0.25) is 0 Å². The number of hydrogen-bond donors (Lipinski definition) is 3. The summed E-state index contributed by atoms with van der Waals surface area (Å²) in [5.74, 6) is -0.214. The Morgan fingerprint density at radius 1 is 1.15 bits per heavy atom. The molecule has 134 valence electrons. The molecule has 3 unspecified atom stereocenters. The molecule has 26 heavy (non-hydrogen) atoms. The van der Waals surface area contributed by atoms with Gasteiger partial charge in [0.25, 0.3) is 11.6 Å². The van der Waals surface area contributed by atoms with Crippen LogP contribution in [0, 0.1) is 16.0 Å². The first-order valence-electron chi connectivity index (χ1n) is 8.19. The Bertz CT molecular complexity index is 807. The lowest BCUT2D eigenvalue weighted by atomic mass is 9.91. The number of rotatable bonds is 5. The average molecular weight is 353 g/mol. The number of hydrogen-bond acceptors (Lipinski definition) is 6. The van der Waals surface area contributed by atoms with Crippen LogP contribution in [-0.2, 0) is 4.79 Å². The molecule has 3 rings (SSSR count). The highest BCUT2D eigenvalue weighted by Crippen LogP contribution is 2.28. The van der Waals surface area contributed by atoms with Gasteiger partial charge in [-0.1, -0.05) is 37.3 Å². The molecule has 3 atom stereocenters. The third-order valence-electron chi connectivity index (χ3n) is 4.38. The number of hydrazone groups is 1. The highest BCUT2D eigenvalue weighted by molar-refractivity contribution is 5.85. The van der Waals surface area contributed by atoms with Crippen molar-refractivity contribution in [2.75, 3.05) is 0 Å². The number of carbonyl (C=O) groups excluding carboxylic acids is 1. The summed E-state index contributed by atoms with van der Waals surface area (Å²) in [5.41, 5.74) is 10.4. The Morgan fingerprint density at radius 3 is 2.50 bits per heavy atom. The van der Waals surface area contributed by atoms with Crippen LogP contribution in [0.5, 0.6) is 0 Å². The van der Waals surface area contributed by atoms with E-state index in [-0.39, 0.29) is 23.6 Å². The van der Waals surface area contributed by atoms with Crippen molar-refractivity contribution in [3.05, 3.63) is 75.8 Å². The zero-order valence-electron chi connectivity index (χ0n) is 14.1. The molecule has 1 fully saturated rings. The van der Waals surface area contributed by atoms with E-state index in [1.54, 1.807) is 12.1 Å². The largest absolute Gasteiger partial charge is 0.271 e. The summed E-state index contributed by atoms with van der Waals surface area (Å²) in [4.78, 5) is 22.5. The van der Waals surface area contributed by atoms with E-state index < -0.39 is 11.0 Å². The molecular formula is C18H19N5O3. The van der Waals surface area contributed by atoms with Crippen molar-refractivity contribution < 1.29 is 9.72 Å². The van der Waals surface area contributed by atoms with Gasteiger partial charge in [0.1, 0.15) is 6.04 Å². The van der Waals surface area contributed by atoms with Crippen LogP contribution < -0.4 is 16.3 Å². The first-order chi connectivity index (χ1) is 12.6. The van der Waals surface area contributed by atoms with E-state index in [1.807, 2.05) is 37.3 Å². The van der Waals surface area contributed by atoms with E-state index in [0.717, 1.165) is 5.56 Å². The number of nitro benzene ring substituents is 1. The van der Waals surface area contributed by atoms with Crippen LogP contribution in [-0.4, -0.2) is 23.1 Å². The van der Waals surface area contributed by atoms with Gasteiger partial charge in [0.05, 0.1) is 17.2 Å². The van der Waals surface area contributed by atoms with Crippen LogP contribution in [0.15, 0.2) is 59.7 Å². The lowest BCUT2D eigenvalue weighted by Crippen LogP contribution is -2.43.